The zero-order chi connectivity index (χ0) is 18.1. The Morgan fingerprint density at radius 1 is 1.27 bits per heavy atom. The number of H-pyrrole nitrogens is 1. The molecule has 2 fully saturated rings. The number of nitrogens with zero attached hydrogens (tertiary/aromatic N) is 1. The third-order valence-electron chi connectivity index (χ3n) is 4.16. The molecule has 0 saturated carbocycles. The topological polar surface area (TPSA) is 91.8 Å². The van der Waals surface area contributed by atoms with Gasteiger partial charge in [0.1, 0.15) is 12.3 Å². The average Bonchev–Trinajstić information content (AvgIpc) is 3.07. The molecule has 1 N–H and O–H groups in total. The van der Waals surface area contributed by atoms with E-state index < -0.39 is 31.9 Å². The van der Waals surface area contributed by atoms with Crippen molar-refractivity contribution in [3.8, 4) is 0 Å². The van der Waals surface area contributed by atoms with E-state index >= 15 is 0 Å². The third kappa shape index (κ3) is 3.62. The molecule has 2 saturated heterocycles. The summed E-state index contributed by atoms with van der Waals surface area (Å²) in [5, 5.41) is 0. The van der Waals surface area contributed by atoms with Crippen molar-refractivity contribution in [1.29, 1.82) is 0 Å². The number of aromatic amines is 1. The number of hydrogen-bond acceptors (Lipinski definition) is 6. The van der Waals surface area contributed by atoms with Gasteiger partial charge in [-0.25, -0.2) is 4.79 Å². The van der Waals surface area contributed by atoms with Gasteiger partial charge in [-0.3, -0.25) is 14.3 Å². The maximum Gasteiger partial charge on any atom is 0.333 e. The molecule has 2 aliphatic rings. The first-order valence-corrected chi connectivity index (χ1v) is 9.13. The molecule has 4 rings (SSSR count). The fourth-order valence-corrected chi connectivity index (χ4v) is 4.01. The SMILES string of the molecule is O=c1[nH]c(=O)n([C@H]2C[C@@H]3OP(OCc4ccccc4)OC[C@H]3O2)cc1F. The van der Waals surface area contributed by atoms with Gasteiger partial charge in [0, 0.05) is 6.42 Å². The van der Waals surface area contributed by atoms with E-state index in [0.717, 1.165) is 16.3 Å². The van der Waals surface area contributed by atoms with Crippen LogP contribution in [0.1, 0.15) is 18.2 Å². The molecular formula is C16H16FN2O6P. The van der Waals surface area contributed by atoms with E-state index in [4.69, 9.17) is 18.3 Å². The van der Waals surface area contributed by atoms with E-state index in [-0.39, 0.29) is 18.8 Å². The molecule has 0 amide bonds. The Bertz CT molecular complexity index is 888. The van der Waals surface area contributed by atoms with Gasteiger partial charge in [-0.15, -0.1) is 0 Å². The number of ether oxygens (including phenoxy) is 1. The lowest BCUT2D eigenvalue weighted by Gasteiger charge is -2.29. The Morgan fingerprint density at radius 3 is 2.88 bits per heavy atom. The maximum atomic E-state index is 13.5. The van der Waals surface area contributed by atoms with Gasteiger partial charge in [0.15, 0.2) is 0 Å². The van der Waals surface area contributed by atoms with Gasteiger partial charge in [0.25, 0.3) is 5.56 Å². The summed E-state index contributed by atoms with van der Waals surface area (Å²) >= 11 is 0. The molecule has 0 radical (unpaired) electrons. The van der Waals surface area contributed by atoms with Crippen molar-refractivity contribution in [2.24, 2.45) is 0 Å². The molecule has 1 aromatic carbocycles. The van der Waals surface area contributed by atoms with Crippen LogP contribution in [0.4, 0.5) is 4.39 Å². The van der Waals surface area contributed by atoms with Crippen LogP contribution in [0.15, 0.2) is 46.1 Å². The monoisotopic (exact) mass is 382 g/mol. The zero-order valence-corrected chi connectivity index (χ0v) is 14.4. The van der Waals surface area contributed by atoms with Crippen molar-refractivity contribution in [2.75, 3.05) is 6.61 Å². The molecule has 10 heteroatoms. The first kappa shape index (κ1) is 17.5. The molecule has 0 aliphatic carbocycles. The summed E-state index contributed by atoms with van der Waals surface area (Å²) in [6, 6.07) is 9.63. The number of fused-ring (bicyclic) bond motifs is 1. The van der Waals surface area contributed by atoms with Gasteiger partial charge in [-0.05, 0) is 5.56 Å². The number of rotatable bonds is 4. The lowest BCUT2D eigenvalue weighted by atomic mass is 10.2. The standard InChI is InChI=1S/C16H16FN2O6P/c17-11-7-19(16(21)18-15(11)20)14-6-12-13(24-14)9-23-26(25-12)22-8-10-4-2-1-3-5-10/h1-5,7,12-14H,6,8-9H2,(H,18,20,21)/t12-,13+,14+,26?/m0/s1. The largest absolute Gasteiger partial charge is 0.349 e. The summed E-state index contributed by atoms with van der Waals surface area (Å²) in [7, 11) is -1.53. The molecule has 2 aromatic rings. The van der Waals surface area contributed by atoms with Crippen LogP contribution in [-0.4, -0.2) is 28.4 Å². The van der Waals surface area contributed by atoms with Crippen LogP contribution >= 0.6 is 8.60 Å². The summed E-state index contributed by atoms with van der Waals surface area (Å²) in [6.07, 6.45) is -0.291. The van der Waals surface area contributed by atoms with Gasteiger partial charge in [0.2, 0.25) is 5.82 Å². The van der Waals surface area contributed by atoms with Crippen molar-refractivity contribution in [1.82, 2.24) is 9.55 Å². The Kier molecular flexibility index (Phi) is 4.97. The van der Waals surface area contributed by atoms with Crippen molar-refractivity contribution in [3.05, 3.63) is 68.7 Å². The summed E-state index contributed by atoms with van der Waals surface area (Å²) in [6.45, 7) is 0.612. The molecule has 0 spiro atoms. The highest BCUT2D eigenvalue weighted by molar-refractivity contribution is 7.41. The number of hydrogen-bond donors (Lipinski definition) is 1. The van der Waals surface area contributed by atoms with Gasteiger partial charge in [0.05, 0.1) is 25.5 Å². The van der Waals surface area contributed by atoms with Crippen LogP contribution in [0, 0.1) is 5.82 Å². The fraction of sp³-hybridized carbons (Fsp3) is 0.375. The van der Waals surface area contributed by atoms with E-state index in [2.05, 4.69) is 0 Å². The molecule has 26 heavy (non-hydrogen) atoms. The number of nitrogens with one attached hydrogen (secondary N) is 1. The van der Waals surface area contributed by atoms with Crippen LogP contribution in [0.3, 0.4) is 0 Å². The highest BCUT2D eigenvalue weighted by atomic mass is 31.2. The average molecular weight is 382 g/mol. The van der Waals surface area contributed by atoms with E-state index in [1.165, 1.54) is 0 Å². The lowest BCUT2D eigenvalue weighted by Crippen LogP contribution is -2.34. The predicted octanol–water partition coefficient (Wildman–Crippen LogP) is 1.82. The Hall–Kier alpha value is -1.90. The normalized spacial score (nSPS) is 28.0. The van der Waals surface area contributed by atoms with Crippen LogP contribution in [0.25, 0.3) is 0 Å². The molecule has 1 aromatic heterocycles. The van der Waals surface area contributed by atoms with Crippen molar-refractivity contribution in [2.45, 2.75) is 31.5 Å². The van der Waals surface area contributed by atoms with Gasteiger partial charge in [-0.1, -0.05) is 30.3 Å². The molecule has 8 nitrogen and oxygen atoms in total. The highest BCUT2D eigenvalue weighted by Crippen LogP contribution is 2.50. The van der Waals surface area contributed by atoms with E-state index in [1.807, 2.05) is 35.3 Å². The second-order valence-electron chi connectivity index (χ2n) is 5.93. The van der Waals surface area contributed by atoms with Crippen LogP contribution < -0.4 is 11.2 Å². The first-order chi connectivity index (χ1) is 12.6. The lowest BCUT2D eigenvalue weighted by molar-refractivity contribution is -0.0629. The molecule has 1 unspecified atom stereocenters. The molecule has 0 bridgehead atoms. The molecule has 138 valence electrons. The first-order valence-electron chi connectivity index (χ1n) is 8.03. The summed E-state index contributed by atoms with van der Waals surface area (Å²) < 4.78 is 37.2. The third-order valence-corrected chi connectivity index (χ3v) is 5.30. The van der Waals surface area contributed by atoms with Crippen LogP contribution in [0.5, 0.6) is 0 Å². The fourth-order valence-electron chi connectivity index (χ4n) is 2.85. The molecular weight excluding hydrogens is 366 g/mol. The summed E-state index contributed by atoms with van der Waals surface area (Å²) in [5.74, 6) is -1.05. The van der Waals surface area contributed by atoms with E-state index in [9.17, 15) is 14.0 Å². The zero-order valence-electron chi connectivity index (χ0n) is 13.5. The number of benzene rings is 1. The van der Waals surface area contributed by atoms with Crippen LogP contribution in [-0.2, 0) is 24.9 Å². The highest BCUT2D eigenvalue weighted by Gasteiger charge is 2.43. The second-order valence-corrected chi connectivity index (χ2v) is 7.11. The van der Waals surface area contributed by atoms with Crippen molar-refractivity contribution in [3.63, 3.8) is 0 Å². The Balaban J connectivity index is 1.39. The van der Waals surface area contributed by atoms with Crippen LogP contribution in [0.2, 0.25) is 0 Å². The Morgan fingerprint density at radius 2 is 2.08 bits per heavy atom. The quantitative estimate of drug-likeness (QED) is 0.812. The van der Waals surface area contributed by atoms with Gasteiger partial charge in [-0.2, -0.15) is 4.39 Å². The molecule has 2 aliphatic heterocycles. The molecule has 3 heterocycles. The minimum absolute atomic E-state index is 0.252. The number of aromatic nitrogens is 2. The van der Waals surface area contributed by atoms with Crippen molar-refractivity contribution < 1.29 is 22.7 Å². The second kappa shape index (κ2) is 7.38. The summed E-state index contributed by atoms with van der Waals surface area (Å²) in [4.78, 5) is 24.9. The van der Waals surface area contributed by atoms with Gasteiger partial charge >= 0.3 is 14.3 Å². The smallest absolute Gasteiger partial charge is 0.333 e. The minimum Gasteiger partial charge on any atom is -0.349 e. The van der Waals surface area contributed by atoms with Crippen molar-refractivity contribution >= 4 is 8.60 Å². The van der Waals surface area contributed by atoms with Gasteiger partial charge < -0.3 is 18.3 Å². The van der Waals surface area contributed by atoms with E-state index in [1.54, 1.807) is 0 Å². The molecule has 4 atom stereocenters. The summed E-state index contributed by atoms with van der Waals surface area (Å²) in [5.41, 5.74) is -0.789. The maximum absolute atomic E-state index is 13.5. The van der Waals surface area contributed by atoms with E-state index in [0.29, 0.717) is 13.0 Å². The minimum atomic E-state index is -1.53. The number of halogens is 1. The predicted molar refractivity (Wildman–Crippen MR) is 88.8 cm³/mol. The Labute approximate surface area is 148 Å².